The van der Waals surface area contributed by atoms with Crippen LogP contribution in [0.2, 0.25) is 10.0 Å². The normalized spacial score (nSPS) is 10.5. The van der Waals surface area contributed by atoms with E-state index in [1.54, 1.807) is 24.3 Å². The molecule has 6 nitrogen and oxygen atoms in total. The van der Waals surface area contributed by atoms with E-state index in [-0.39, 0.29) is 18.4 Å². The molecule has 0 saturated heterocycles. The Balaban J connectivity index is 1.56. The molecule has 0 fully saturated rings. The summed E-state index contributed by atoms with van der Waals surface area (Å²) < 4.78 is 0. The maximum atomic E-state index is 12.4. The Bertz CT molecular complexity index is 1180. The van der Waals surface area contributed by atoms with Gasteiger partial charge in [0.05, 0.1) is 6.54 Å². The number of aryl methyl sites for hydroxylation is 3. The van der Waals surface area contributed by atoms with E-state index >= 15 is 0 Å². The van der Waals surface area contributed by atoms with Crippen molar-refractivity contribution in [2.24, 2.45) is 0 Å². The van der Waals surface area contributed by atoms with Crippen molar-refractivity contribution >= 4 is 52.3 Å². The first-order chi connectivity index (χ1) is 15.6. The Morgan fingerprint density at radius 3 is 1.88 bits per heavy atom. The molecule has 0 spiro atoms. The fourth-order valence-electron chi connectivity index (χ4n) is 3.42. The first-order valence-electron chi connectivity index (χ1n) is 10.2. The van der Waals surface area contributed by atoms with Crippen molar-refractivity contribution in [2.75, 3.05) is 17.2 Å². The zero-order valence-electron chi connectivity index (χ0n) is 18.4. The van der Waals surface area contributed by atoms with Gasteiger partial charge in [0.2, 0.25) is 5.91 Å². The van der Waals surface area contributed by atoms with Gasteiger partial charge in [-0.1, -0.05) is 40.9 Å². The van der Waals surface area contributed by atoms with E-state index in [0.717, 1.165) is 22.4 Å². The molecule has 0 aliphatic rings. The van der Waals surface area contributed by atoms with Crippen LogP contribution in [0.15, 0.2) is 54.6 Å². The molecular weight excluding hydrogens is 461 g/mol. The van der Waals surface area contributed by atoms with Gasteiger partial charge in [0, 0.05) is 32.5 Å². The molecule has 0 unspecified atom stereocenters. The number of nitrogens with one attached hydrogen (secondary N) is 3. The summed E-state index contributed by atoms with van der Waals surface area (Å²) >= 11 is 11.9. The molecule has 0 aromatic heterocycles. The Labute approximate surface area is 202 Å². The summed E-state index contributed by atoms with van der Waals surface area (Å²) in [6.07, 6.45) is 0. The van der Waals surface area contributed by atoms with Crippen LogP contribution in [0.5, 0.6) is 0 Å². The quantitative estimate of drug-likeness (QED) is 0.430. The second-order valence-electron chi connectivity index (χ2n) is 7.69. The lowest BCUT2D eigenvalue weighted by molar-refractivity contribution is -0.115. The molecule has 3 amide bonds. The molecule has 0 heterocycles. The molecule has 0 radical (unpaired) electrons. The maximum absolute atomic E-state index is 12.4. The smallest absolute Gasteiger partial charge is 0.255 e. The first kappa shape index (κ1) is 24.3. The minimum Gasteiger partial charge on any atom is -0.343 e. The van der Waals surface area contributed by atoms with E-state index < -0.39 is 5.91 Å². The van der Waals surface area contributed by atoms with Crippen LogP contribution in [-0.4, -0.2) is 24.3 Å². The van der Waals surface area contributed by atoms with Crippen molar-refractivity contribution in [1.82, 2.24) is 5.32 Å². The van der Waals surface area contributed by atoms with Gasteiger partial charge in [-0.3, -0.25) is 14.4 Å². The lowest BCUT2D eigenvalue weighted by Crippen LogP contribution is -2.33. The average molecular weight is 484 g/mol. The number of anilines is 2. The third-order valence-corrected chi connectivity index (χ3v) is 5.32. The SMILES string of the molecule is Cc1cc(C)c(NC(=O)CNC(=O)c2ccc(NC(=O)c3cc(Cl)cc(Cl)c3)cc2)c(C)c1. The van der Waals surface area contributed by atoms with Gasteiger partial charge >= 0.3 is 0 Å². The summed E-state index contributed by atoms with van der Waals surface area (Å²) in [5.41, 5.74) is 4.97. The highest BCUT2D eigenvalue weighted by molar-refractivity contribution is 6.35. The number of amides is 3. The second-order valence-corrected chi connectivity index (χ2v) is 8.57. The zero-order chi connectivity index (χ0) is 24.1. The first-order valence-corrected chi connectivity index (χ1v) is 10.9. The second kappa shape index (κ2) is 10.5. The molecule has 3 aromatic carbocycles. The Morgan fingerprint density at radius 2 is 1.30 bits per heavy atom. The molecule has 170 valence electrons. The lowest BCUT2D eigenvalue weighted by Gasteiger charge is -2.13. The fraction of sp³-hybridized carbons (Fsp3) is 0.160. The van der Waals surface area contributed by atoms with E-state index in [1.807, 2.05) is 32.9 Å². The van der Waals surface area contributed by atoms with Crippen LogP contribution in [0.4, 0.5) is 11.4 Å². The maximum Gasteiger partial charge on any atom is 0.255 e. The summed E-state index contributed by atoms with van der Waals surface area (Å²) in [6.45, 7) is 5.68. The Morgan fingerprint density at radius 1 is 0.727 bits per heavy atom. The number of hydrogen-bond acceptors (Lipinski definition) is 3. The van der Waals surface area contributed by atoms with E-state index in [9.17, 15) is 14.4 Å². The van der Waals surface area contributed by atoms with Gasteiger partial charge in [-0.2, -0.15) is 0 Å². The van der Waals surface area contributed by atoms with Crippen LogP contribution in [0.3, 0.4) is 0 Å². The van der Waals surface area contributed by atoms with Crippen LogP contribution < -0.4 is 16.0 Å². The molecule has 0 aliphatic heterocycles. The summed E-state index contributed by atoms with van der Waals surface area (Å²) in [7, 11) is 0. The number of carbonyl (C=O) groups is 3. The number of rotatable bonds is 6. The highest BCUT2D eigenvalue weighted by Crippen LogP contribution is 2.22. The third-order valence-electron chi connectivity index (χ3n) is 4.88. The van der Waals surface area contributed by atoms with Gasteiger partial charge < -0.3 is 16.0 Å². The molecule has 8 heteroatoms. The highest BCUT2D eigenvalue weighted by atomic mass is 35.5. The van der Waals surface area contributed by atoms with Crippen LogP contribution in [0.25, 0.3) is 0 Å². The van der Waals surface area contributed by atoms with Crippen LogP contribution in [0.1, 0.15) is 37.4 Å². The Kier molecular flexibility index (Phi) is 7.74. The standard InChI is InChI=1S/C25H23Cl2N3O3/c1-14-8-15(2)23(16(3)9-14)30-22(31)13-28-24(32)17-4-6-21(7-5-17)29-25(33)18-10-19(26)12-20(27)11-18/h4-12H,13H2,1-3H3,(H,28,32)(H,29,33)(H,30,31). The molecule has 0 saturated carbocycles. The minimum absolute atomic E-state index is 0.167. The van der Waals surface area contributed by atoms with Gasteiger partial charge in [0.15, 0.2) is 0 Å². The van der Waals surface area contributed by atoms with Crippen molar-refractivity contribution in [2.45, 2.75) is 20.8 Å². The third kappa shape index (κ3) is 6.57. The van der Waals surface area contributed by atoms with Crippen molar-refractivity contribution in [1.29, 1.82) is 0 Å². The summed E-state index contributed by atoms with van der Waals surface area (Å²) in [6, 6.07) is 14.8. The minimum atomic E-state index is -0.401. The van der Waals surface area contributed by atoms with Gasteiger partial charge in [-0.05, 0) is 74.4 Å². The topological polar surface area (TPSA) is 87.3 Å². The largest absolute Gasteiger partial charge is 0.343 e. The van der Waals surface area contributed by atoms with E-state index in [2.05, 4.69) is 16.0 Å². The van der Waals surface area contributed by atoms with Crippen LogP contribution in [0, 0.1) is 20.8 Å². The summed E-state index contributed by atoms with van der Waals surface area (Å²) in [5.74, 6) is -1.10. The van der Waals surface area contributed by atoms with Gasteiger partial charge in [0.1, 0.15) is 0 Å². The number of carbonyl (C=O) groups excluding carboxylic acids is 3. The Hall–Kier alpha value is -3.35. The molecule has 0 bridgehead atoms. The van der Waals surface area contributed by atoms with Crippen molar-refractivity contribution in [3.05, 3.63) is 92.5 Å². The van der Waals surface area contributed by atoms with Crippen molar-refractivity contribution < 1.29 is 14.4 Å². The lowest BCUT2D eigenvalue weighted by atomic mass is 10.1. The predicted molar refractivity (Wildman–Crippen MR) is 132 cm³/mol. The molecule has 3 rings (SSSR count). The zero-order valence-corrected chi connectivity index (χ0v) is 19.9. The van der Waals surface area contributed by atoms with Crippen molar-refractivity contribution in [3.63, 3.8) is 0 Å². The van der Waals surface area contributed by atoms with Gasteiger partial charge in [-0.25, -0.2) is 0 Å². The average Bonchev–Trinajstić information content (AvgIpc) is 2.74. The summed E-state index contributed by atoms with van der Waals surface area (Å²) in [5, 5.41) is 8.88. The number of hydrogen-bond donors (Lipinski definition) is 3. The molecule has 0 atom stereocenters. The fourth-order valence-corrected chi connectivity index (χ4v) is 3.94. The van der Waals surface area contributed by atoms with E-state index in [1.165, 1.54) is 18.2 Å². The molecule has 33 heavy (non-hydrogen) atoms. The number of halogens is 2. The van der Waals surface area contributed by atoms with Gasteiger partial charge in [0.25, 0.3) is 11.8 Å². The molecule has 3 aromatic rings. The van der Waals surface area contributed by atoms with Crippen molar-refractivity contribution in [3.8, 4) is 0 Å². The van der Waals surface area contributed by atoms with E-state index in [0.29, 0.717) is 26.9 Å². The monoisotopic (exact) mass is 483 g/mol. The van der Waals surface area contributed by atoms with Crippen LogP contribution >= 0.6 is 23.2 Å². The molecule has 3 N–H and O–H groups in total. The molecular formula is C25H23Cl2N3O3. The summed E-state index contributed by atoms with van der Waals surface area (Å²) in [4.78, 5) is 37.1. The molecule has 0 aliphatic carbocycles. The van der Waals surface area contributed by atoms with Gasteiger partial charge in [-0.15, -0.1) is 0 Å². The van der Waals surface area contributed by atoms with E-state index in [4.69, 9.17) is 23.2 Å². The highest BCUT2D eigenvalue weighted by Gasteiger charge is 2.12. The van der Waals surface area contributed by atoms with Crippen LogP contribution in [-0.2, 0) is 4.79 Å². The number of benzene rings is 3. The predicted octanol–water partition coefficient (Wildman–Crippen LogP) is 5.54.